The number of ether oxygens (including phenoxy) is 2. The molecule has 8 nitrogen and oxygen atoms in total. The molecule has 0 spiro atoms. The summed E-state index contributed by atoms with van der Waals surface area (Å²) in [6.45, 7) is 10.5. The van der Waals surface area contributed by atoms with Crippen LogP contribution in [-0.4, -0.2) is 33.5 Å². The van der Waals surface area contributed by atoms with Gasteiger partial charge < -0.3 is 20.1 Å². The van der Waals surface area contributed by atoms with Crippen LogP contribution < -0.4 is 20.1 Å². The van der Waals surface area contributed by atoms with E-state index in [0.717, 1.165) is 39.3 Å². The van der Waals surface area contributed by atoms with Gasteiger partial charge in [0.1, 0.15) is 12.6 Å². The van der Waals surface area contributed by atoms with Crippen molar-refractivity contribution < 1.29 is 14.3 Å². The highest BCUT2D eigenvalue weighted by molar-refractivity contribution is 7.99. The fraction of sp³-hybridized carbons (Fsp3) is 0.281. The summed E-state index contributed by atoms with van der Waals surface area (Å²) in [7, 11) is 1.62. The van der Waals surface area contributed by atoms with Crippen LogP contribution in [0, 0.1) is 20.8 Å². The zero-order valence-corrected chi connectivity index (χ0v) is 25.1. The molecule has 0 radical (unpaired) electrons. The van der Waals surface area contributed by atoms with Crippen LogP contribution in [0.5, 0.6) is 11.5 Å². The number of hydrogen-bond acceptors (Lipinski definition) is 7. The van der Waals surface area contributed by atoms with Gasteiger partial charge in [-0.15, -0.1) is 5.10 Å². The first-order valence-electron chi connectivity index (χ1n) is 13.6. The monoisotopic (exact) mass is 569 g/mol. The number of aryl methyl sites for hydroxylation is 2. The number of carbonyl (C=O) groups excluding carboxylic acids is 1. The van der Waals surface area contributed by atoms with Crippen LogP contribution in [0.2, 0.25) is 0 Å². The Balaban J connectivity index is 1.53. The zero-order valence-electron chi connectivity index (χ0n) is 24.2. The minimum absolute atomic E-state index is 0.210. The Kier molecular flexibility index (Phi) is 8.35. The van der Waals surface area contributed by atoms with Gasteiger partial charge in [-0.1, -0.05) is 61.2 Å². The number of thioether (sulfide) groups is 1. The number of methoxy groups -OCH3 is 1. The number of aromatic nitrogens is 3. The second kappa shape index (κ2) is 12.1. The van der Waals surface area contributed by atoms with Crippen molar-refractivity contribution in [3.63, 3.8) is 0 Å². The molecule has 1 aliphatic heterocycles. The fourth-order valence-corrected chi connectivity index (χ4v) is 5.46. The van der Waals surface area contributed by atoms with E-state index in [1.165, 1.54) is 0 Å². The molecular formula is C32H35N5O3S. The van der Waals surface area contributed by atoms with Crippen molar-refractivity contribution in [3.8, 4) is 11.5 Å². The Morgan fingerprint density at radius 3 is 2.56 bits per heavy atom. The SMILES string of the molecule is CCSc1nc2n(n1)C(c1ccc(OCc3ccccc3C)c(OC)c1)C(C(=O)Nc1cccc(C)c1C)=C(C)N2. The van der Waals surface area contributed by atoms with E-state index in [4.69, 9.17) is 14.6 Å². The van der Waals surface area contributed by atoms with Gasteiger partial charge in [0.15, 0.2) is 11.5 Å². The third kappa shape index (κ3) is 5.81. The number of anilines is 2. The summed E-state index contributed by atoms with van der Waals surface area (Å²) in [6.07, 6.45) is 0. The number of allylic oxidation sites excluding steroid dienone is 1. The molecule has 1 atom stereocenters. The van der Waals surface area contributed by atoms with Gasteiger partial charge in [-0.05, 0) is 79.5 Å². The van der Waals surface area contributed by atoms with Crippen molar-refractivity contribution in [2.75, 3.05) is 23.5 Å². The highest BCUT2D eigenvalue weighted by atomic mass is 32.2. The Bertz CT molecular complexity index is 1630. The summed E-state index contributed by atoms with van der Waals surface area (Å²) in [6, 6.07) is 19.3. The molecule has 4 aromatic rings. The molecule has 9 heteroatoms. The molecule has 0 fully saturated rings. The maximum absolute atomic E-state index is 13.9. The maximum atomic E-state index is 13.9. The number of nitrogens with zero attached hydrogens (tertiary/aromatic N) is 3. The normalized spacial score (nSPS) is 14.3. The minimum Gasteiger partial charge on any atom is -0.493 e. The summed E-state index contributed by atoms with van der Waals surface area (Å²) >= 11 is 1.55. The summed E-state index contributed by atoms with van der Waals surface area (Å²) in [4.78, 5) is 18.6. The predicted octanol–water partition coefficient (Wildman–Crippen LogP) is 6.83. The molecule has 1 aliphatic rings. The highest BCUT2D eigenvalue weighted by Crippen LogP contribution is 2.40. The van der Waals surface area contributed by atoms with Crippen LogP contribution in [0.15, 0.2) is 77.1 Å². The summed E-state index contributed by atoms with van der Waals surface area (Å²) in [5.41, 5.74) is 7.27. The van der Waals surface area contributed by atoms with Gasteiger partial charge in [0, 0.05) is 11.4 Å². The lowest BCUT2D eigenvalue weighted by Gasteiger charge is -2.29. The predicted molar refractivity (Wildman–Crippen MR) is 164 cm³/mol. The Morgan fingerprint density at radius 2 is 1.80 bits per heavy atom. The number of nitrogens with one attached hydrogen (secondary N) is 2. The van der Waals surface area contributed by atoms with Gasteiger partial charge >= 0.3 is 0 Å². The molecule has 1 amide bonds. The van der Waals surface area contributed by atoms with E-state index in [1.54, 1.807) is 23.6 Å². The quantitative estimate of drug-likeness (QED) is 0.214. The van der Waals surface area contributed by atoms with Gasteiger partial charge in [-0.2, -0.15) is 4.98 Å². The molecule has 2 N–H and O–H groups in total. The summed E-state index contributed by atoms with van der Waals surface area (Å²) in [5.74, 6) is 2.41. The third-order valence-electron chi connectivity index (χ3n) is 7.35. The van der Waals surface area contributed by atoms with Crippen LogP contribution in [0.1, 0.15) is 47.7 Å². The zero-order chi connectivity index (χ0) is 29.1. The van der Waals surface area contributed by atoms with E-state index in [0.29, 0.717) is 40.5 Å². The molecule has 1 unspecified atom stereocenters. The Labute approximate surface area is 245 Å². The molecule has 0 bridgehead atoms. The lowest BCUT2D eigenvalue weighted by Crippen LogP contribution is -2.31. The molecular weight excluding hydrogens is 534 g/mol. The number of benzene rings is 3. The van der Waals surface area contributed by atoms with Crippen LogP contribution in [0.4, 0.5) is 11.6 Å². The molecule has 41 heavy (non-hydrogen) atoms. The summed E-state index contributed by atoms with van der Waals surface area (Å²) < 4.78 is 13.7. The smallest absolute Gasteiger partial charge is 0.255 e. The number of fused-ring (bicyclic) bond motifs is 1. The van der Waals surface area contributed by atoms with Crippen molar-refractivity contribution in [1.29, 1.82) is 0 Å². The largest absolute Gasteiger partial charge is 0.493 e. The first-order valence-corrected chi connectivity index (χ1v) is 14.6. The van der Waals surface area contributed by atoms with Crippen molar-refractivity contribution in [3.05, 3.63) is 99.8 Å². The second-order valence-corrected chi connectivity index (χ2v) is 11.2. The number of rotatable bonds is 9. The van der Waals surface area contributed by atoms with E-state index >= 15 is 0 Å². The average molecular weight is 570 g/mol. The number of amides is 1. The Morgan fingerprint density at radius 1 is 1.02 bits per heavy atom. The lowest BCUT2D eigenvalue weighted by atomic mass is 9.94. The van der Waals surface area contributed by atoms with E-state index < -0.39 is 6.04 Å². The second-order valence-electron chi connectivity index (χ2n) is 9.99. The van der Waals surface area contributed by atoms with Gasteiger partial charge in [0.05, 0.1) is 12.7 Å². The lowest BCUT2D eigenvalue weighted by molar-refractivity contribution is -0.113. The van der Waals surface area contributed by atoms with Gasteiger partial charge in [-0.3, -0.25) is 4.79 Å². The molecule has 0 saturated heterocycles. The minimum atomic E-state index is -0.533. The third-order valence-corrected chi connectivity index (χ3v) is 8.07. The molecule has 0 saturated carbocycles. The molecule has 2 heterocycles. The molecule has 212 valence electrons. The van der Waals surface area contributed by atoms with Crippen LogP contribution >= 0.6 is 11.8 Å². The standard InChI is InChI=1S/C32H35N5O3S/c1-7-41-32-35-31-33-22(5)28(30(38)34-25-14-10-12-19(2)21(25)4)29(37(31)36-32)23-15-16-26(27(17-23)39-6)40-18-24-13-9-8-11-20(24)3/h8-17,29H,7,18H2,1-6H3,(H,34,38)(H,33,35,36). The molecule has 5 rings (SSSR count). The van der Waals surface area contributed by atoms with E-state index in [9.17, 15) is 4.79 Å². The number of hydrogen-bond donors (Lipinski definition) is 2. The number of carbonyl (C=O) groups is 1. The van der Waals surface area contributed by atoms with Crippen LogP contribution in [0.25, 0.3) is 0 Å². The first kappa shape index (κ1) is 28.3. The maximum Gasteiger partial charge on any atom is 0.255 e. The van der Waals surface area contributed by atoms with Crippen molar-refractivity contribution in [2.24, 2.45) is 0 Å². The fourth-order valence-electron chi connectivity index (χ4n) is 4.90. The first-order chi connectivity index (χ1) is 19.8. The van der Waals surface area contributed by atoms with Gasteiger partial charge in [-0.25, -0.2) is 4.68 Å². The van der Waals surface area contributed by atoms with E-state index in [1.807, 2.05) is 69.3 Å². The molecule has 1 aromatic heterocycles. The Hall–Kier alpha value is -4.24. The van der Waals surface area contributed by atoms with Crippen LogP contribution in [-0.2, 0) is 11.4 Å². The molecule has 3 aromatic carbocycles. The highest BCUT2D eigenvalue weighted by Gasteiger charge is 2.35. The van der Waals surface area contributed by atoms with Crippen molar-refractivity contribution in [1.82, 2.24) is 14.8 Å². The topological polar surface area (TPSA) is 90.3 Å². The van der Waals surface area contributed by atoms with Gasteiger partial charge in [0.2, 0.25) is 11.1 Å². The van der Waals surface area contributed by atoms with E-state index in [-0.39, 0.29) is 5.91 Å². The van der Waals surface area contributed by atoms with Crippen molar-refractivity contribution in [2.45, 2.75) is 52.4 Å². The van der Waals surface area contributed by atoms with Crippen molar-refractivity contribution >= 4 is 29.3 Å². The summed E-state index contributed by atoms with van der Waals surface area (Å²) in [5, 5.41) is 11.9. The van der Waals surface area contributed by atoms with Crippen LogP contribution in [0.3, 0.4) is 0 Å². The average Bonchev–Trinajstić information content (AvgIpc) is 3.36. The molecule has 0 aliphatic carbocycles. The van der Waals surface area contributed by atoms with E-state index in [2.05, 4.69) is 41.6 Å². The van der Waals surface area contributed by atoms with Gasteiger partial charge in [0.25, 0.3) is 5.91 Å².